The number of rotatable bonds is 1. The Labute approximate surface area is 78.3 Å². The van der Waals surface area contributed by atoms with Gasteiger partial charge >= 0.3 is 6.03 Å². The van der Waals surface area contributed by atoms with Gasteiger partial charge in [0.25, 0.3) is 0 Å². The van der Waals surface area contributed by atoms with Crippen molar-refractivity contribution in [1.82, 2.24) is 9.80 Å². The molecule has 2 rings (SSSR count). The van der Waals surface area contributed by atoms with Crippen molar-refractivity contribution in [3.05, 3.63) is 24.3 Å². The summed E-state index contributed by atoms with van der Waals surface area (Å²) in [6.45, 7) is 1.71. The van der Waals surface area contributed by atoms with E-state index in [2.05, 4.69) is 12.2 Å². The van der Waals surface area contributed by atoms with Gasteiger partial charge in [0.1, 0.15) is 0 Å². The molecule has 1 saturated heterocycles. The molecule has 1 aliphatic carbocycles. The van der Waals surface area contributed by atoms with E-state index in [1.165, 1.54) is 0 Å². The molecule has 1 heterocycles. The summed E-state index contributed by atoms with van der Waals surface area (Å²) in [5, 5.41) is 0. The van der Waals surface area contributed by atoms with Crippen molar-refractivity contribution in [2.45, 2.75) is 12.5 Å². The number of likely N-dealkylation sites (N-methyl/N-ethyl adjacent to an activating group) is 1. The minimum atomic E-state index is 0.157. The van der Waals surface area contributed by atoms with E-state index in [0.29, 0.717) is 0 Å². The monoisotopic (exact) mass is 178 g/mol. The lowest BCUT2D eigenvalue weighted by Gasteiger charge is -2.24. The maximum atomic E-state index is 11.6. The maximum absolute atomic E-state index is 11.6. The molecule has 1 fully saturated rings. The SMILES string of the molecule is CN1CCN(C2C=CC=CC2)C1=O. The standard InChI is InChI=1S/C10H14N2O/c1-11-7-8-12(10(11)13)9-5-3-2-4-6-9/h2-5,9H,6-8H2,1H3. The van der Waals surface area contributed by atoms with E-state index in [4.69, 9.17) is 0 Å². The van der Waals surface area contributed by atoms with Crippen LogP contribution in [-0.4, -0.2) is 42.0 Å². The Morgan fingerprint density at radius 2 is 2.23 bits per heavy atom. The van der Waals surface area contributed by atoms with E-state index in [1.807, 2.05) is 24.1 Å². The van der Waals surface area contributed by atoms with E-state index < -0.39 is 0 Å². The number of carbonyl (C=O) groups excluding carboxylic acids is 1. The molecule has 0 aromatic rings. The van der Waals surface area contributed by atoms with Crippen LogP contribution in [-0.2, 0) is 0 Å². The molecule has 1 unspecified atom stereocenters. The second-order valence-electron chi connectivity index (χ2n) is 3.51. The molecule has 3 nitrogen and oxygen atoms in total. The molecule has 13 heavy (non-hydrogen) atoms. The first-order chi connectivity index (χ1) is 6.29. The van der Waals surface area contributed by atoms with Crippen LogP contribution in [0.2, 0.25) is 0 Å². The molecular weight excluding hydrogens is 164 g/mol. The molecule has 70 valence electrons. The van der Waals surface area contributed by atoms with Crippen LogP contribution >= 0.6 is 0 Å². The second-order valence-corrected chi connectivity index (χ2v) is 3.51. The molecule has 1 atom stereocenters. The number of nitrogens with zero attached hydrogens (tertiary/aromatic N) is 2. The highest BCUT2D eigenvalue weighted by Crippen LogP contribution is 2.16. The molecule has 0 saturated carbocycles. The summed E-state index contributed by atoms with van der Waals surface area (Å²) in [4.78, 5) is 15.3. The van der Waals surface area contributed by atoms with Gasteiger partial charge in [-0.15, -0.1) is 0 Å². The van der Waals surface area contributed by atoms with Gasteiger partial charge in [-0.2, -0.15) is 0 Å². The van der Waals surface area contributed by atoms with Crippen LogP contribution in [0.3, 0.4) is 0 Å². The van der Waals surface area contributed by atoms with Crippen LogP contribution in [0.5, 0.6) is 0 Å². The van der Waals surface area contributed by atoms with Crippen molar-refractivity contribution in [3.8, 4) is 0 Å². The summed E-state index contributed by atoms with van der Waals surface area (Å²) in [5.41, 5.74) is 0. The van der Waals surface area contributed by atoms with Crippen LogP contribution in [0, 0.1) is 0 Å². The van der Waals surface area contributed by atoms with Gasteiger partial charge in [0.2, 0.25) is 0 Å². The van der Waals surface area contributed by atoms with Gasteiger partial charge in [0.05, 0.1) is 6.04 Å². The first-order valence-corrected chi connectivity index (χ1v) is 4.64. The van der Waals surface area contributed by atoms with E-state index in [0.717, 1.165) is 19.5 Å². The van der Waals surface area contributed by atoms with Gasteiger partial charge in [0, 0.05) is 20.1 Å². The normalized spacial score (nSPS) is 27.5. The van der Waals surface area contributed by atoms with Gasteiger partial charge in [-0.1, -0.05) is 24.3 Å². The van der Waals surface area contributed by atoms with Crippen molar-refractivity contribution in [2.24, 2.45) is 0 Å². The highest BCUT2D eigenvalue weighted by molar-refractivity contribution is 5.76. The Morgan fingerprint density at radius 3 is 2.77 bits per heavy atom. The minimum absolute atomic E-state index is 0.157. The average molecular weight is 178 g/mol. The predicted molar refractivity (Wildman–Crippen MR) is 51.4 cm³/mol. The third-order valence-electron chi connectivity index (χ3n) is 2.61. The summed E-state index contributed by atoms with van der Waals surface area (Å²) in [6, 6.07) is 0.437. The summed E-state index contributed by atoms with van der Waals surface area (Å²) in [7, 11) is 1.85. The summed E-state index contributed by atoms with van der Waals surface area (Å²) in [5.74, 6) is 0. The first-order valence-electron chi connectivity index (χ1n) is 4.64. The Morgan fingerprint density at radius 1 is 1.38 bits per heavy atom. The molecule has 3 heteroatoms. The summed E-state index contributed by atoms with van der Waals surface area (Å²) in [6.07, 6.45) is 9.20. The number of hydrogen-bond acceptors (Lipinski definition) is 1. The lowest BCUT2D eigenvalue weighted by Crippen LogP contribution is -2.37. The van der Waals surface area contributed by atoms with Gasteiger partial charge in [-0.05, 0) is 6.42 Å². The van der Waals surface area contributed by atoms with Gasteiger partial charge in [-0.3, -0.25) is 0 Å². The molecule has 0 bridgehead atoms. The summed E-state index contributed by atoms with van der Waals surface area (Å²) < 4.78 is 0. The summed E-state index contributed by atoms with van der Waals surface area (Å²) >= 11 is 0. The number of amides is 2. The van der Waals surface area contributed by atoms with Crippen LogP contribution in [0.1, 0.15) is 6.42 Å². The van der Waals surface area contributed by atoms with Crippen molar-refractivity contribution >= 4 is 6.03 Å². The van der Waals surface area contributed by atoms with E-state index in [-0.39, 0.29) is 12.1 Å². The Kier molecular flexibility index (Phi) is 2.08. The van der Waals surface area contributed by atoms with Crippen molar-refractivity contribution in [1.29, 1.82) is 0 Å². The number of carbonyl (C=O) groups is 1. The smallest absolute Gasteiger partial charge is 0.320 e. The van der Waals surface area contributed by atoms with Crippen LogP contribution < -0.4 is 0 Å². The zero-order valence-electron chi connectivity index (χ0n) is 7.81. The average Bonchev–Trinajstić information content (AvgIpc) is 2.49. The van der Waals surface area contributed by atoms with Gasteiger partial charge in [-0.25, -0.2) is 4.79 Å². The fraction of sp³-hybridized carbons (Fsp3) is 0.500. The lowest BCUT2D eigenvalue weighted by atomic mass is 10.1. The van der Waals surface area contributed by atoms with E-state index in [1.54, 1.807) is 4.90 Å². The van der Waals surface area contributed by atoms with Crippen LogP contribution in [0.15, 0.2) is 24.3 Å². The number of allylic oxidation sites excluding steroid dienone is 2. The Hall–Kier alpha value is -1.25. The van der Waals surface area contributed by atoms with E-state index in [9.17, 15) is 4.79 Å². The molecule has 0 aromatic heterocycles. The quantitative estimate of drug-likeness (QED) is 0.592. The fourth-order valence-electron chi connectivity index (χ4n) is 1.77. The lowest BCUT2D eigenvalue weighted by molar-refractivity contribution is 0.190. The second kappa shape index (κ2) is 3.24. The highest BCUT2D eigenvalue weighted by atomic mass is 16.2. The molecule has 0 radical (unpaired) electrons. The third-order valence-corrected chi connectivity index (χ3v) is 2.61. The fourth-order valence-corrected chi connectivity index (χ4v) is 1.77. The molecule has 0 aromatic carbocycles. The largest absolute Gasteiger partial charge is 0.326 e. The Balaban J connectivity index is 2.05. The number of urea groups is 1. The topological polar surface area (TPSA) is 23.6 Å². The zero-order valence-corrected chi connectivity index (χ0v) is 7.81. The van der Waals surface area contributed by atoms with Crippen molar-refractivity contribution < 1.29 is 4.79 Å². The highest BCUT2D eigenvalue weighted by Gasteiger charge is 2.29. The molecule has 1 aliphatic heterocycles. The molecule has 0 spiro atoms. The van der Waals surface area contributed by atoms with Crippen molar-refractivity contribution in [3.63, 3.8) is 0 Å². The molecular formula is C10H14N2O. The molecule has 0 N–H and O–H groups in total. The van der Waals surface area contributed by atoms with Gasteiger partial charge < -0.3 is 9.80 Å². The predicted octanol–water partition coefficient (Wildman–Crippen LogP) is 1.24. The van der Waals surface area contributed by atoms with Gasteiger partial charge in [0.15, 0.2) is 0 Å². The molecule has 2 aliphatic rings. The number of hydrogen-bond donors (Lipinski definition) is 0. The first kappa shape index (κ1) is 8.35. The minimum Gasteiger partial charge on any atom is -0.326 e. The van der Waals surface area contributed by atoms with E-state index >= 15 is 0 Å². The Bertz CT molecular complexity index is 270. The zero-order chi connectivity index (χ0) is 9.26. The maximum Gasteiger partial charge on any atom is 0.320 e. The van der Waals surface area contributed by atoms with Crippen LogP contribution in [0.25, 0.3) is 0 Å². The molecule has 2 amide bonds. The van der Waals surface area contributed by atoms with Crippen LogP contribution in [0.4, 0.5) is 4.79 Å². The van der Waals surface area contributed by atoms with Crippen molar-refractivity contribution in [2.75, 3.05) is 20.1 Å². The third kappa shape index (κ3) is 1.46.